The Labute approximate surface area is 108 Å². The second-order valence-electron chi connectivity index (χ2n) is 4.48. The summed E-state index contributed by atoms with van der Waals surface area (Å²) in [6, 6.07) is 9.18. The van der Waals surface area contributed by atoms with Crippen molar-refractivity contribution in [3.8, 4) is 0 Å². The number of thioether (sulfide) groups is 1. The van der Waals surface area contributed by atoms with Crippen LogP contribution < -0.4 is 5.32 Å². The fraction of sp³-hybridized carbons (Fsp3) is 0.571. The van der Waals surface area contributed by atoms with Gasteiger partial charge in [0.1, 0.15) is 0 Å². The lowest BCUT2D eigenvalue weighted by molar-refractivity contribution is 0.165. The van der Waals surface area contributed by atoms with Crippen LogP contribution in [0.1, 0.15) is 18.9 Å². The minimum absolute atomic E-state index is 0.456. The Bertz CT molecular complexity index is 331. The molecule has 1 aliphatic rings. The average molecular weight is 251 g/mol. The Balaban J connectivity index is 1.98. The second-order valence-corrected chi connectivity index (χ2v) is 5.77. The number of methoxy groups -OCH3 is 1. The lowest BCUT2D eigenvalue weighted by Gasteiger charge is -2.23. The van der Waals surface area contributed by atoms with Gasteiger partial charge in [0.05, 0.1) is 6.61 Å². The molecule has 1 heterocycles. The molecular formula is C14H21NOS. The molecule has 0 amide bonds. The van der Waals surface area contributed by atoms with Gasteiger partial charge in [-0.05, 0) is 31.0 Å². The van der Waals surface area contributed by atoms with Gasteiger partial charge in [0.2, 0.25) is 0 Å². The summed E-state index contributed by atoms with van der Waals surface area (Å²) in [5.74, 6) is 0. The summed E-state index contributed by atoms with van der Waals surface area (Å²) in [5, 5.41) is 4.21. The fourth-order valence-electron chi connectivity index (χ4n) is 2.24. The Hall–Kier alpha value is -0.510. The first-order valence-electron chi connectivity index (χ1n) is 6.32. The summed E-state index contributed by atoms with van der Waals surface area (Å²) in [6.07, 6.45) is 2.33. The van der Waals surface area contributed by atoms with E-state index in [4.69, 9.17) is 4.74 Å². The van der Waals surface area contributed by atoms with E-state index in [1.54, 1.807) is 7.11 Å². The molecule has 17 heavy (non-hydrogen) atoms. The van der Waals surface area contributed by atoms with Crippen LogP contribution in [0.4, 0.5) is 0 Å². The molecule has 3 heteroatoms. The van der Waals surface area contributed by atoms with Gasteiger partial charge in [-0.1, -0.05) is 25.1 Å². The fourth-order valence-corrected chi connectivity index (χ4v) is 3.63. The summed E-state index contributed by atoms with van der Waals surface area (Å²) in [6.45, 7) is 4.07. The molecule has 2 atom stereocenters. The van der Waals surface area contributed by atoms with Gasteiger partial charge in [-0.15, -0.1) is 11.8 Å². The largest absolute Gasteiger partial charge is 0.383 e. The lowest BCUT2D eigenvalue weighted by Crippen LogP contribution is -2.42. The summed E-state index contributed by atoms with van der Waals surface area (Å²) in [7, 11) is 1.79. The molecule has 0 radical (unpaired) electrons. The molecule has 1 aromatic rings. The number of nitrogens with one attached hydrogen (secondary N) is 1. The van der Waals surface area contributed by atoms with E-state index in [0.29, 0.717) is 11.3 Å². The van der Waals surface area contributed by atoms with Crippen LogP contribution in [0.25, 0.3) is 0 Å². The molecule has 1 aliphatic heterocycles. The van der Waals surface area contributed by atoms with Crippen LogP contribution in [0.3, 0.4) is 0 Å². The average Bonchev–Trinajstić information content (AvgIpc) is 2.78. The van der Waals surface area contributed by atoms with Crippen LogP contribution in [0.2, 0.25) is 0 Å². The summed E-state index contributed by atoms with van der Waals surface area (Å²) < 4.78 is 5.34. The Morgan fingerprint density at radius 3 is 3.00 bits per heavy atom. The molecular weight excluding hydrogens is 230 g/mol. The zero-order valence-corrected chi connectivity index (χ0v) is 11.4. The molecule has 2 rings (SSSR count). The van der Waals surface area contributed by atoms with E-state index in [-0.39, 0.29) is 0 Å². The monoisotopic (exact) mass is 251 g/mol. The Kier molecular flexibility index (Phi) is 4.89. The lowest BCUT2D eigenvalue weighted by atomic mass is 10.1. The summed E-state index contributed by atoms with van der Waals surface area (Å²) in [5.41, 5.74) is 1.49. The topological polar surface area (TPSA) is 21.3 Å². The molecule has 0 saturated carbocycles. The maximum atomic E-state index is 5.34. The van der Waals surface area contributed by atoms with E-state index in [9.17, 15) is 0 Å². The van der Waals surface area contributed by atoms with Crippen molar-refractivity contribution in [1.82, 2.24) is 5.32 Å². The van der Waals surface area contributed by atoms with Crippen LogP contribution in [0.15, 0.2) is 29.2 Å². The first kappa shape index (κ1) is 12.9. The van der Waals surface area contributed by atoms with Crippen molar-refractivity contribution in [2.75, 3.05) is 20.3 Å². The molecule has 1 N–H and O–H groups in total. The van der Waals surface area contributed by atoms with E-state index >= 15 is 0 Å². The van der Waals surface area contributed by atoms with Crippen molar-refractivity contribution in [3.05, 3.63) is 29.8 Å². The number of ether oxygens (including phenoxy) is 1. The van der Waals surface area contributed by atoms with Crippen LogP contribution in [0.5, 0.6) is 0 Å². The molecule has 0 aliphatic carbocycles. The van der Waals surface area contributed by atoms with Gasteiger partial charge in [0.15, 0.2) is 0 Å². The maximum absolute atomic E-state index is 5.34. The highest BCUT2D eigenvalue weighted by Gasteiger charge is 2.28. The third-order valence-electron chi connectivity index (χ3n) is 3.12. The molecule has 0 aromatic heterocycles. The number of rotatable bonds is 6. The van der Waals surface area contributed by atoms with Gasteiger partial charge >= 0.3 is 0 Å². The van der Waals surface area contributed by atoms with E-state index in [2.05, 4.69) is 36.5 Å². The second kappa shape index (κ2) is 6.43. The number of hydrogen-bond donors (Lipinski definition) is 1. The predicted octanol–water partition coefficient (Wildman–Crippen LogP) is 2.72. The highest BCUT2D eigenvalue weighted by molar-refractivity contribution is 8.00. The van der Waals surface area contributed by atoms with Gasteiger partial charge in [-0.25, -0.2) is 0 Å². The van der Waals surface area contributed by atoms with Crippen LogP contribution >= 0.6 is 11.8 Å². The van der Waals surface area contributed by atoms with Crippen molar-refractivity contribution >= 4 is 11.8 Å². The molecule has 0 bridgehead atoms. The highest BCUT2D eigenvalue weighted by atomic mass is 32.2. The van der Waals surface area contributed by atoms with E-state index in [1.165, 1.54) is 16.9 Å². The van der Waals surface area contributed by atoms with Crippen molar-refractivity contribution < 1.29 is 4.74 Å². The van der Waals surface area contributed by atoms with Crippen LogP contribution in [0, 0.1) is 0 Å². The highest BCUT2D eigenvalue weighted by Crippen LogP contribution is 2.38. The summed E-state index contributed by atoms with van der Waals surface area (Å²) >= 11 is 1.99. The zero-order chi connectivity index (χ0) is 12.1. The Morgan fingerprint density at radius 2 is 2.29 bits per heavy atom. The molecule has 0 saturated heterocycles. The number of fused-ring (bicyclic) bond motifs is 1. The van der Waals surface area contributed by atoms with E-state index < -0.39 is 0 Å². The third kappa shape index (κ3) is 3.24. The van der Waals surface area contributed by atoms with Crippen molar-refractivity contribution in [3.63, 3.8) is 0 Å². The standard InChI is InChI=1S/C14H21NOS/c1-3-8-15-12(10-16-2)14-9-11-6-4-5-7-13(11)17-14/h4-7,12,14-15H,3,8-10H2,1-2H3. The van der Waals surface area contributed by atoms with Crippen molar-refractivity contribution in [2.45, 2.75) is 36.0 Å². The quantitative estimate of drug-likeness (QED) is 0.840. The van der Waals surface area contributed by atoms with Gasteiger partial charge < -0.3 is 10.1 Å². The summed E-state index contributed by atoms with van der Waals surface area (Å²) in [4.78, 5) is 1.44. The molecule has 0 spiro atoms. The number of benzene rings is 1. The minimum Gasteiger partial charge on any atom is -0.383 e. The molecule has 94 valence electrons. The Morgan fingerprint density at radius 1 is 1.47 bits per heavy atom. The van der Waals surface area contributed by atoms with E-state index in [0.717, 1.165) is 19.6 Å². The van der Waals surface area contributed by atoms with Crippen LogP contribution in [-0.4, -0.2) is 31.6 Å². The smallest absolute Gasteiger partial charge is 0.0626 e. The van der Waals surface area contributed by atoms with Gasteiger partial charge in [0.25, 0.3) is 0 Å². The van der Waals surface area contributed by atoms with Gasteiger partial charge in [-0.2, -0.15) is 0 Å². The molecule has 0 fully saturated rings. The van der Waals surface area contributed by atoms with E-state index in [1.807, 2.05) is 11.8 Å². The molecule has 2 unspecified atom stereocenters. The third-order valence-corrected chi connectivity index (χ3v) is 4.57. The normalized spacial score (nSPS) is 20.2. The predicted molar refractivity (Wildman–Crippen MR) is 73.7 cm³/mol. The zero-order valence-electron chi connectivity index (χ0n) is 10.6. The minimum atomic E-state index is 0.456. The first-order chi connectivity index (χ1) is 8.35. The maximum Gasteiger partial charge on any atom is 0.0626 e. The van der Waals surface area contributed by atoms with Gasteiger partial charge in [0, 0.05) is 23.3 Å². The van der Waals surface area contributed by atoms with Crippen molar-refractivity contribution in [1.29, 1.82) is 0 Å². The van der Waals surface area contributed by atoms with Crippen molar-refractivity contribution in [2.24, 2.45) is 0 Å². The first-order valence-corrected chi connectivity index (χ1v) is 7.20. The SMILES string of the molecule is CCCNC(COC)C1Cc2ccccc2S1. The van der Waals surface area contributed by atoms with Gasteiger partial charge in [-0.3, -0.25) is 0 Å². The molecule has 1 aromatic carbocycles. The number of hydrogen-bond acceptors (Lipinski definition) is 3. The van der Waals surface area contributed by atoms with Crippen LogP contribution in [-0.2, 0) is 11.2 Å². The molecule has 2 nitrogen and oxygen atoms in total.